The van der Waals surface area contributed by atoms with Crippen LogP contribution in [0.4, 0.5) is 5.69 Å². The first-order valence-corrected chi connectivity index (χ1v) is 13.5. The molecule has 0 saturated heterocycles. The van der Waals surface area contributed by atoms with E-state index in [9.17, 15) is 13.2 Å². The number of amides is 1. The molecule has 0 fully saturated rings. The van der Waals surface area contributed by atoms with Crippen LogP contribution in [0.3, 0.4) is 0 Å². The highest BCUT2D eigenvalue weighted by Crippen LogP contribution is 2.30. The molecule has 0 N–H and O–H groups in total. The van der Waals surface area contributed by atoms with E-state index in [0.29, 0.717) is 26.1 Å². The van der Waals surface area contributed by atoms with Crippen molar-refractivity contribution >= 4 is 66.4 Å². The van der Waals surface area contributed by atoms with Gasteiger partial charge in [0.05, 0.1) is 32.4 Å². The quantitative estimate of drug-likeness (QED) is 0.297. The smallest absolute Gasteiger partial charge is 0.279 e. The van der Waals surface area contributed by atoms with Crippen LogP contribution in [0.25, 0.3) is 10.2 Å². The molecule has 0 saturated carbocycles. The summed E-state index contributed by atoms with van der Waals surface area (Å²) in [5, 5.41) is 0.865. The molecule has 1 aromatic heterocycles. The summed E-state index contributed by atoms with van der Waals surface area (Å²) in [6.07, 6.45) is 5.51. The number of carbonyl (C=O) groups excluding carboxylic acids is 1. The van der Waals surface area contributed by atoms with Crippen molar-refractivity contribution in [1.29, 1.82) is 0 Å². The lowest BCUT2D eigenvalue weighted by atomic mass is 10.2. The third-order valence-electron chi connectivity index (χ3n) is 5.16. The van der Waals surface area contributed by atoms with Gasteiger partial charge in [0.15, 0.2) is 4.80 Å². The van der Waals surface area contributed by atoms with Crippen molar-refractivity contribution in [1.82, 2.24) is 4.57 Å². The highest BCUT2D eigenvalue weighted by molar-refractivity contribution is 7.92. The maximum atomic E-state index is 13.2. The lowest BCUT2D eigenvalue weighted by molar-refractivity contribution is 0.0998. The second kappa shape index (κ2) is 10.3. The van der Waals surface area contributed by atoms with E-state index in [2.05, 4.69) is 10.9 Å². The van der Waals surface area contributed by atoms with Gasteiger partial charge < -0.3 is 4.57 Å². The summed E-state index contributed by atoms with van der Waals surface area (Å²) < 4.78 is 30.1. The Morgan fingerprint density at radius 2 is 1.80 bits per heavy atom. The Bertz CT molecular complexity index is 1620. The fourth-order valence-corrected chi connectivity index (χ4v) is 6.87. The Balaban J connectivity index is 1.70. The van der Waals surface area contributed by atoms with Gasteiger partial charge >= 0.3 is 0 Å². The van der Waals surface area contributed by atoms with Crippen LogP contribution in [0, 0.1) is 12.3 Å². The van der Waals surface area contributed by atoms with E-state index in [1.54, 1.807) is 47.9 Å². The molecule has 35 heavy (non-hydrogen) atoms. The molecule has 0 radical (unpaired) electrons. The number of halogens is 2. The molecule has 0 atom stereocenters. The molecule has 0 aliphatic carbocycles. The summed E-state index contributed by atoms with van der Waals surface area (Å²) in [7, 11) is -3.81. The Morgan fingerprint density at radius 1 is 1.11 bits per heavy atom. The van der Waals surface area contributed by atoms with Gasteiger partial charge in [0.25, 0.3) is 15.9 Å². The second-order valence-corrected chi connectivity index (χ2v) is 11.1. The number of terminal acetylenes is 1. The molecule has 0 unspecified atom stereocenters. The van der Waals surface area contributed by atoms with Gasteiger partial charge in [-0.05, 0) is 55.5 Å². The van der Waals surface area contributed by atoms with Crippen LogP contribution in [-0.4, -0.2) is 25.4 Å². The molecule has 6 nitrogen and oxygen atoms in total. The number of anilines is 1. The molecule has 3 aromatic carbocycles. The number of benzene rings is 3. The lowest BCUT2D eigenvalue weighted by Gasteiger charge is -2.22. The summed E-state index contributed by atoms with van der Waals surface area (Å²) >= 11 is 13.7. The van der Waals surface area contributed by atoms with Crippen LogP contribution in [0.5, 0.6) is 0 Å². The monoisotopic (exact) mass is 543 g/mol. The molecule has 1 heterocycles. The standard InChI is InChI=1S/C25H19Cl2N3O3S2/c1-3-14-29-23-21(27)15-18(26)16-22(23)34-25(29)28-24(31)17-10-12-20(13-11-17)35(32,33)30(4-2)19-8-6-5-7-9-19/h1,5-13,15-16H,4,14H2,2H3. The van der Waals surface area contributed by atoms with E-state index in [1.165, 1.54) is 39.9 Å². The molecule has 1 amide bonds. The molecule has 0 bridgehead atoms. The molecule has 10 heteroatoms. The number of nitrogens with zero attached hydrogens (tertiary/aromatic N) is 3. The molecule has 178 valence electrons. The third-order valence-corrected chi connectivity index (χ3v) is 8.61. The number of fused-ring (bicyclic) bond motifs is 1. The maximum absolute atomic E-state index is 13.2. The van der Waals surface area contributed by atoms with Gasteiger partial charge in [-0.2, -0.15) is 4.99 Å². The Morgan fingerprint density at radius 3 is 2.43 bits per heavy atom. The van der Waals surface area contributed by atoms with Gasteiger partial charge in [0, 0.05) is 17.1 Å². The number of sulfonamides is 1. The first-order chi connectivity index (χ1) is 16.8. The number of thiazole rings is 1. The average Bonchev–Trinajstić information content (AvgIpc) is 3.17. The minimum atomic E-state index is -3.81. The molecular formula is C25H19Cl2N3O3S2. The highest BCUT2D eigenvalue weighted by Gasteiger charge is 2.23. The number of hydrogen-bond acceptors (Lipinski definition) is 4. The van der Waals surface area contributed by atoms with Crippen molar-refractivity contribution in [2.24, 2.45) is 4.99 Å². The Labute approximate surface area is 217 Å². The normalized spacial score (nSPS) is 12.0. The Kier molecular flexibility index (Phi) is 7.33. The van der Waals surface area contributed by atoms with Crippen molar-refractivity contribution in [3.05, 3.63) is 87.1 Å². The van der Waals surface area contributed by atoms with Crippen LogP contribution in [0.2, 0.25) is 10.0 Å². The van der Waals surface area contributed by atoms with Crippen LogP contribution < -0.4 is 9.11 Å². The first-order valence-electron chi connectivity index (χ1n) is 10.4. The van der Waals surface area contributed by atoms with Crippen LogP contribution in [-0.2, 0) is 16.6 Å². The molecule has 0 aliphatic rings. The molecule has 4 aromatic rings. The van der Waals surface area contributed by atoms with Crippen molar-refractivity contribution in [3.8, 4) is 12.3 Å². The number of carbonyl (C=O) groups is 1. The zero-order valence-electron chi connectivity index (χ0n) is 18.5. The van der Waals surface area contributed by atoms with Crippen molar-refractivity contribution in [3.63, 3.8) is 0 Å². The zero-order chi connectivity index (χ0) is 25.2. The fraction of sp³-hybridized carbons (Fsp3) is 0.120. The summed E-state index contributed by atoms with van der Waals surface area (Å²) in [5.41, 5.74) is 1.44. The zero-order valence-corrected chi connectivity index (χ0v) is 21.6. The average molecular weight is 544 g/mol. The largest absolute Gasteiger partial charge is 0.303 e. The van der Waals surface area contributed by atoms with E-state index in [4.69, 9.17) is 29.6 Å². The number of aromatic nitrogens is 1. The van der Waals surface area contributed by atoms with E-state index in [0.717, 1.165) is 4.70 Å². The van der Waals surface area contributed by atoms with E-state index >= 15 is 0 Å². The third kappa shape index (κ3) is 5.00. The topological polar surface area (TPSA) is 71.7 Å². The molecule has 4 rings (SSSR count). The summed E-state index contributed by atoms with van der Waals surface area (Å²) in [6, 6.07) is 17.9. The minimum absolute atomic E-state index is 0.0745. The van der Waals surface area contributed by atoms with E-state index in [-0.39, 0.29) is 23.5 Å². The van der Waals surface area contributed by atoms with E-state index in [1.807, 2.05) is 6.07 Å². The van der Waals surface area contributed by atoms with Gasteiger partial charge in [-0.1, -0.05) is 58.7 Å². The Hall–Kier alpha value is -3.09. The number of rotatable bonds is 6. The summed E-state index contributed by atoms with van der Waals surface area (Å²) in [5.74, 6) is 2.01. The maximum Gasteiger partial charge on any atom is 0.279 e. The van der Waals surface area contributed by atoms with Gasteiger partial charge in [-0.25, -0.2) is 8.42 Å². The fourth-order valence-electron chi connectivity index (χ4n) is 3.59. The predicted octanol–water partition coefficient (Wildman–Crippen LogP) is 5.60. The minimum Gasteiger partial charge on any atom is -0.303 e. The molecule has 0 spiro atoms. The SMILES string of the molecule is C#CCn1c(=NC(=O)c2ccc(S(=O)(=O)N(CC)c3ccccc3)cc2)sc2cc(Cl)cc(Cl)c21. The van der Waals surface area contributed by atoms with Crippen molar-refractivity contribution in [2.75, 3.05) is 10.8 Å². The van der Waals surface area contributed by atoms with Crippen LogP contribution >= 0.6 is 34.5 Å². The van der Waals surface area contributed by atoms with E-state index < -0.39 is 15.9 Å². The second-order valence-electron chi connectivity index (χ2n) is 7.36. The van der Waals surface area contributed by atoms with Crippen LogP contribution in [0.1, 0.15) is 17.3 Å². The summed E-state index contributed by atoms with van der Waals surface area (Å²) in [4.78, 5) is 17.6. The first kappa shape index (κ1) is 25.0. The van der Waals surface area contributed by atoms with Gasteiger partial charge in [-0.3, -0.25) is 9.10 Å². The van der Waals surface area contributed by atoms with Crippen LogP contribution in [0.15, 0.2) is 76.6 Å². The van der Waals surface area contributed by atoms with Crippen molar-refractivity contribution in [2.45, 2.75) is 18.4 Å². The number of hydrogen-bond donors (Lipinski definition) is 0. The van der Waals surface area contributed by atoms with Gasteiger partial charge in [0.2, 0.25) is 0 Å². The van der Waals surface area contributed by atoms with Gasteiger partial charge in [0.1, 0.15) is 0 Å². The summed E-state index contributed by atoms with van der Waals surface area (Å²) in [6.45, 7) is 2.18. The molecular weight excluding hydrogens is 525 g/mol. The highest BCUT2D eigenvalue weighted by atomic mass is 35.5. The predicted molar refractivity (Wildman–Crippen MR) is 142 cm³/mol. The lowest BCUT2D eigenvalue weighted by Crippen LogP contribution is -2.30. The van der Waals surface area contributed by atoms with Crippen molar-refractivity contribution < 1.29 is 13.2 Å². The molecule has 0 aliphatic heterocycles. The number of para-hydroxylation sites is 1. The van der Waals surface area contributed by atoms with Gasteiger partial charge in [-0.15, -0.1) is 6.42 Å².